The van der Waals surface area contributed by atoms with E-state index >= 15 is 0 Å². The molecule has 0 saturated heterocycles. The van der Waals surface area contributed by atoms with Crippen molar-refractivity contribution in [1.29, 1.82) is 0 Å². The first kappa shape index (κ1) is 36.4. The quantitative estimate of drug-likeness (QED) is 0.161. The average molecular weight is 806 g/mol. The maximum Gasteiger partial charge on any atom is 0.166 e. The van der Waals surface area contributed by atoms with E-state index in [0.29, 0.717) is 17.5 Å². The Bertz CT molecular complexity index is 3620. The van der Waals surface area contributed by atoms with Gasteiger partial charge < -0.3 is 9.13 Å². The third-order valence-electron chi connectivity index (χ3n) is 12.2. The lowest BCUT2D eigenvalue weighted by Gasteiger charge is -2.17. The highest BCUT2D eigenvalue weighted by molar-refractivity contribution is 6.16. The number of benzene rings is 9. The Hall–Kier alpha value is -8.41. The van der Waals surface area contributed by atoms with E-state index in [2.05, 4.69) is 198 Å². The Morgan fingerprint density at radius 2 is 0.857 bits per heavy atom. The van der Waals surface area contributed by atoms with Gasteiger partial charge in [0.05, 0.1) is 27.8 Å². The Labute approximate surface area is 364 Å². The van der Waals surface area contributed by atoms with E-state index in [1.54, 1.807) is 0 Å². The van der Waals surface area contributed by atoms with Crippen LogP contribution in [0.2, 0.25) is 0 Å². The molecule has 0 radical (unpaired) electrons. The molecule has 0 saturated carbocycles. The van der Waals surface area contributed by atoms with Gasteiger partial charge in [-0.15, -0.1) is 0 Å². The summed E-state index contributed by atoms with van der Waals surface area (Å²) in [6.45, 7) is 2.15. The number of aromatic nitrogens is 5. The first-order valence-corrected chi connectivity index (χ1v) is 21.4. The van der Waals surface area contributed by atoms with Gasteiger partial charge >= 0.3 is 0 Å². The summed E-state index contributed by atoms with van der Waals surface area (Å²) in [6, 6.07) is 77.5. The Morgan fingerprint density at radius 3 is 1.57 bits per heavy atom. The van der Waals surface area contributed by atoms with E-state index in [9.17, 15) is 0 Å². The van der Waals surface area contributed by atoms with Crippen LogP contribution in [0.25, 0.3) is 111 Å². The van der Waals surface area contributed by atoms with Gasteiger partial charge in [0.2, 0.25) is 0 Å². The van der Waals surface area contributed by atoms with Gasteiger partial charge in [-0.1, -0.05) is 169 Å². The first-order valence-electron chi connectivity index (χ1n) is 21.4. The van der Waals surface area contributed by atoms with Crippen LogP contribution in [0.1, 0.15) is 5.56 Å². The van der Waals surface area contributed by atoms with Crippen molar-refractivity contribution < 1.29 is 0 Å². The molecule has 12 aromatic rings. The summed E-state index contributed by atoms with van der Waals surface area (Å²) >= 11 is 0. The monoisotopic (exact) mass is 805 g/mol. The summed E-state index contributed by atoms with van der Waals surface area (Å²) in [4.78, 5) is 15.8. The summed E-state index contributed by atoms with van der Waals surface area (Å²) in [5.74, 6) is 1.84. The van der Waals surface area contributed by atoms with Crippen molar-refractivity contribution in [2.45, 2.75) is 6.92 Å². The number of nitrogens with zero attached hydrogens (tertiary/aromatic N) is 5. The van der Waals surface area contributed by atoms with E-state index in [1.165, 1.54) is 38.2 Å². The number of fused-ring (bicyclic) bond motifs is 6. The molecule has 3 heterocycles. The van der Waals surface area contributed by atoms with Crippen LogP contribution >= 0.6 is 0 Å². The zero-order chi connectivity index (χ0) is 41.9. The van der Waals surface area contributed by atoms with Gasteiger partial charge in [0.1, 0.15) is 0 Å². The Balaban J connectivity index is 1.16. The van der Waals surface area contributed by atoms with Crippen molar-refractivity contribution in [3.8, 4) is 67.8 Å². The number of rotatable bonds is 7. The van der Waals surface area contributed by atoms with E-state index < -0.39 is 0 Å². The molecule has 9 aromatic carbocycles. The lowest BCUT2D eigenvalue weighted by atomic mass is 9.96. The molecule has 5 nitrogen and oxygen atoms in total. The molecule has 0 bridgehead atoms. The third-order valence-corrected chi connectivity index (χ3v) is 12.2. The molecule has 0 unspecified atom stereocenters. The molecule has 3 aromatic heterocycles. The minimum absolute atomic E-state index is 0.598. The van der Waals surface area contributed by atoms with Crippen molar-refractivity contribution in [2.75, 3.05) is 0 Å². The number of para-hydroxylation sites is 3. The van der Waals surface area contributed by atoms with E-state index in [1.807, 2.05) is 36.4 Å². The molecular weight excluding hydrogens is 767 g/mol. The van der Waals surface area contributed by atoms with Crippen LogP contribution < -0.4 is 0 Å². The lowest BCUT2D eigenvalue weighted by molar-refractivity contribution is 1.06. The highest BCUT2D eigenvalue weighted by atomic mass is 15.1. The van der Waals surface area contributed by atoms with E-state index in [-0.39, 0.29) is 0 Å². The lowest BCUT2D eigenvalue weighted by Crippen LogP contribution is -2.04. The molecule has 0 amide bonds. The van der Waals surface area contributed by atoms with Gasteiger partial charge in [-0.25, -0.2) is 15.0 Å². The normalized spacial score (nSPS) is 11.6. The van der Waals surface area contributed by atoms with Crippen LogP contribution in [0.4, 0.5) is 0 Å². The van der Waals surface area contributed by atoms with E-state index in [0.717, 1.165) is 61.3 Å². The second kappa shape index (κ2) is 14.9. The minimum atomic E-state index is 0.598. The van der Waals surface area contributed by atoms with Gasteiger partial charge in [-0.2, -0.15) is 0 Å². The number of hydrogen-bond acceptors (Lipinski definition) is 3. The van der Waals surface area contributed by atoms with Crippen LogP contribution in [0.15, 0.2) is 218 Å². The van der Waals surface area contributed by atoms with Crippen LogP contribution in [0.3, 0.4) is 0 Å². The van der Waals surface area contributed by atoms with Crippen molar-refractivity contribution in [1.82, 2.24) is 24.1 Å². The van der Waals surface area contributed by atoms with Crippen molar-refractivity contribution in [3.05, 3.63) is 224 Å². The zero-order valence-electron chi connectivity index (χ0n) is 34.5. The standard InChI is InChI=1S/C58H39N5/c1-38-17-15-22-41(35-38)42-31-33-52-48(36-42)46-25-11-13-28-50(46)63(52)53-34-32-43(45-27-16-30-54-55(45)47-26-12-14-29-51(47)62(54)44-23-9-4-10-24-44)37-49(53)58-60-56(39-18-5-2-6-19-39)59-57(61-58)40-20-7-3-8-21-40/h2-37H,1H3. The number of hydrogen-bond donors (Lipinski definition) is 0. The zero-order valence-corrected chi connectivity index (χ0v) is 34.5. The van der Waals surface area contributed by atoms with Crippen LogP contribution in [0.5, 0.6) is 0 Å². The van der Waals surface area contributed by atoms with Gasteiger partial charge in [-0.3, -0.25) is 0 Å². The SMILES string of the molecule is Cc1cccc(-c2ccc3c(c2)c2ccccc2n3-c2ccc(-c3cccc4c3c3ccccc3n4-c3ccccc3)cc2-c2nc(-c3ccccc3)nc(-c3ccccc3)n2)c1. The smallest absolute Gasteiger partial charge is 0.166 e. The fourth-order valence-corrected chi connectivity index (χ4v) is 9.36. The molecule has 0 fully saturated rings. The predicted molar refractivity (Wildman–Crippen MR) is 260 cm³/mol. The molecule has 12 rings (SSSR count). The van der Waals surface area contributed by atoms with Crippen molar-refractivity contribution in [2.24, 2.45) is 0 Å². The summed E-state index contributed by atoms with van der Waals surface area (Å²) in [5, 5.41) is 4.76. The second-order valence-electron chi connectivity index (χ2n) is 16.1. The van der Waals surface area contributed by atoms with Crippen LogP contribution in [-0.4, -0.2) is 24.1 Å². The van der Waals surface area contributed by atoms with Crippen LogP contribution in [-0.2, 0) is 0 Å². The Morgan fingerprint density at radius 1 is 0.317 bits per heavy atom. The van der Waals surface area contributed by atoms with Crippen molar-refractivity contribution >= 4 is 43.6 Å². The molecule has 0 aliphatic heterocycles. The number of aryl methyl sites for hydroxylation is 1. The molecule has 0 aliphatic rings. The molecule has 0 atom stereocenters. The summed E-state index contributed by atoms with van der Waals surface area (Å²) in [5.41, 5.74) is 15.2. The van der Waals surface area contributed by atoms with Crippen molar-refractivity contribution in [3.63, 3.8) is 0 Å². The fourth-order valence-electron chi connectivity index (χ4n) is 9.36. The predicted octanol–water partition coefficient (Wildman–Crippen LogP) is 14.7. The summed E-state index contributed by atoms with van der Waals surface area (Å²) in [6.07, 6.45) is 0. The minimum Gasteiger partial charge on any atom is -0.309 e. The van der Waals surface area contributed by atoms with Gasteiger partial charge in [0.25, 0.3) is 0 Å². The molecule has 63 heavy (non-hydrogen) atoms. The van der Waals surface area contributed by atoms with Gasteiger partial charge in [0, 0.05) is 43.9 Å². The molecule has 296 valence electrons. The maximum atomic E-state index is 5.34. The topological polar surface area (TPSA) is 48.5 Å². The van der Waals surface area contributed by atoms with Crippen LogP contribution in [0, 0.1) is 6.92 Å². The first-order chi connectivity index (χ1) is 31.2. The third kappa shape index (κ3) is 6.21. The molecule has 0 aliphatic carbocycles. The maximum absolute atomic E-state index is 5.34. The van der Waals surface area contributed by atoms with Gasteiger partial charge in [0.15, 0.2) is 17.5 Å². The largest absolute Gasteiger partial charge is 0.309 e. The summed E-state index contributed by atoms with van der Waals surface area (Å²) in [7, 11) is 0. The van der Waals surface area contributed by atoms with E-state index in [4.69, 9.17) is 15.0 Å². The highest BCUT2D eigenvalue weighted by Crippen LogP contribution is 2.43. The Kier molecular flexibility index (Phi) is 8.64. The van der Waals surface area contributed by atoms with Gasteiger partial charge in [-0.05, 0) is 83.8 Å². The fraction of sp³-hybridized carbons (Fsp3) is 0.0172. The molecule has 5 heteroatoms. The molecular formula is C58H39N5. The molecule has 0 N–H and O–H groups in total. The average Bonchev–Trinajstić information content (AvgIpc) is 3.87. The second-order valence-corrected chi connectivity index (χ2v) is 16.1. The highest BCUT2D eigenvalue weighted by Gasteiger charge is 2.22. The molecule has 0 spiro atoms. The summed E-state index contributed by atoms with van der Waals surface area (Å²) < 4.78 is 4.76.